The zero-order valence-electron chi connectivity index (χ0n) is 18.5. The van der Waals surface area contributed by atoms with E-state index in [-0.39, 0.29) is 11.1 Å². The Kier molecular flexibility index (Phi) is 6.11. The van der Waals surface area contributed by atoms with E-state index in [2.05, 4.69) is 56.5 Å². The van der Waals surface area contributed by atoms with E-state index < -0.39 is 0 Å². The molecular formula is C25H25N5O2S. The molecule has 0 spiro atoms. The summed E-state index contributed by atoms with van der Waals surface area (Å²) in [6.45, 7) is 7.71. The molecule has 0 atom stereocenters. The maximum Gasteiger partial charge on any atom is 0.290 e. The van der Waals surface area contributed by atoms with Crippen molar-refractivity contribution in [2.24, 2.45) is 0 Å². The highest BCUT2D eigenvalue weighted by molar-refractivity contribution is 8.18. The molecule has 0 aliphatic carbocycles. The minimum absolute atomic E-state index is 0.342. The molecule has 3 heterocycles. The Balaban J connectivity index is 1.41. The number of aromatic nitrogens is 2. The first-order valence-electron chi connectivity index (χ1n) is 11.2. The number of nitrogens with one attached hydrogen (secondary N) is 1. The van der Waals surface area contributed by atoms with Crippen LogP contribution in [0.25, 0.3) is 28.1 Å². The summed E-state index contributed by atoms with van der Waals surface area (Å²) in [7, 11) is 0. The van der Waals surface area contributed by atoms with Crippen molar-refractivity contribution in [3.8, 4) is 11.1 Å². The van der Waals surface area contributed by atoms with Crippen molar-refractivity contribution in [3.63, 3.8) is 0 Å². The number of hydrogen-bond acceptors (Lipinski definition) is 7. The van der Waals surface area contributed by atoms with E-state index in [1.54, 1.807) is 12.3 Å². The van der Waals surface area contributed by atoms with Crippen molar-refractivity contribution >= 4 is 45.6 Å². The molecule has 2 saturated heterocycles. The SMILES string of the molecule is CCCN1CCN(c2ccc(-c3cnnc4ccc(C=C5SC(=O)NC5=O)cc34)cc2)CC1. The van der Waals surface area contributed by atoms with Crippen molar-refractivity contribution in [2.45, 2.75) is 13.3 Å². The van der Waals surface area contributed by atoms with E-state index in [1.807, 2.05) is 18.2 Å². The first-order chi connectivity index (χ1) is 16.1. The number of amides is 2. The normalized spacial score (nSPS) is 18.3. The average Bonchev–Trinajstić information content (AvgIpc) is 3.16. The molecular weight excluding hydrogens is 434 g/mol. The van der Waals surface area contributed by atoms with Crippen LogP contribution in [0.15, 0.2) is 53.6 Å². The van der Waals surface area contributed by atoms with Gasteiger partial charge in [0, 0.05) is 42.8 Å². The number of piperazine rings is 1. The fourth-order valence-corrected chi connectivity index (χ4v) is 5.05. The van der Waals surface area contributed by atoms with Crippen LogP contribution in [0.2, 0.25) is 0 Å². The minimum Gasteiger partial charge on any atom is -0.369 e. The Morgan fingerprint density at radius 2 is 1.85 bits per heavy atom. The van der Waals surface area contributed by atoms with Gasteiger partial charge >= 0.3 is 0 Å². The Morgan fingerprint density at radius 3 is 2.55 bits per heavy atom. The molecule has 1 N–H and O–H groups in total. The van der Waals surface area contributed by atoms with Gasteiger partial charge in [-0.05, 0) is 66.2 Å². The highest BCUT2D eigenvalue weighted by Gasteiger charge is 2.25. The molecule has 2 aliphatic heterocycles. The van der Waals surface area contributed by atoms with Gasteiger partial charge in [-0.15, -0.1) is 0 Å². The van der Waals surface area contributed by atoms with Crippen LogP contribution in [-0.2, 0) is 4.79 Å². The topological polar surface area (TPSA) is 78.4 Å². The third-order valence-corrected chi connectivity index (χ3v) is 6.87. The molecule has 2 aliphatic rings. The Morgan fingerprint density at radius 1 is 1.06 bits per heavy atom. The van der Waals surface area contributed by atoms with Crippen molar-refractivity contribution in [1.29, 1.82) is 0 Å². The molecule has 8 heteroatoms. The second-order valence-electron chi connectivity index (χ2n) is 8.26. The smallest absolute Gasteiger partial charge is 0.290 e. The van der Waals surface area contributed by atoms with Crippen LogP contribution in [-0.4, -0.2) is 59.0 Å². The van der Waals surface area contributed by atoms with Crippen molar-refractivity contribution in [2.75, 3.05) is 37.6 Å². The molecule has 0 saturated carbocycles. The first-order valence-corrected chi connectivity index (χ1v) is 12.0. The number of fused-ring (bicyclic) bond motifs is 1. The average molecular weight is 460 g/mol. The standard InChI is InChI=1S/C25H25N5O2S/c1-2-9-29-10-12-30(13-11-29)19-6-4-18(5-7-19)21-16-26-28-22-8-3-17(14-20(21)22)15-23-24(31)27-25(32)33-23/h3-8,14-16H,2,9-13H2,1H3,(H,27,31,32). The molecule has 1 aromatic heterocycles. The van der Waals surface area contributed by atoms with E-state index in [1.165, 1.54) is 18.7 Å². The Bertz CT molecular complexity index is 1230. The van der Waals surface area contributed by atoms with Crippen LogP contribution >= 0.6 is 11.8 Å². The van der Waals surface area contributed by atoms with Crippen LogP contribution in [0.4, 0.5) is 10.5 Å². The highest BCUT2D eigenvalue weighted by Crippen LogP contribution is 2.31. The van der Waals surface area contributed by atoms with Gasteiger partial charge in [0.05, 0.1) is 16.6 Å². The second kappa shape index (κ2) is 9.33. The number of imide groups is 1. The maximum absolute atomic E-state index is 11.9. The number of benzene rings is 2. The lowest BCUT2D eigenvalue weighted by Gasteiger charge is -2.36. The number of rotatable bonds is 5. The Hall–Kier alpha value is -3.23. The summed E-state index contributed by atoms with van der Waals surface area (Å²) in [4.78, 5) is 28.7. The Labute approximate surface area is 196 Å². The quantitative estimate of drug-likeness (QED) is 0.574. The van der Waals surface area contributed by atoms with Crippen molar-refractivity contribution in [3.05, 3.63) is 59.1 Å². The molecule has 2 amide bonds. The van der Waals surface area contributed by atoms with E-state index in [9.17, 15) is 9.59 Å². The van der Waals surface area contributed by atoms with Crippen LogP contribution in [0, 0.1) is 0 Å². The van der Waals surface area contributed by atoms with Gasteiger partial charge in [0.25, 0.3) is 11.1 Å². The highest BCUT2D eigenvalue weighted by atomic mass is 32.2. The van der Waals surface area contributed by atoms with Gasteiger partial charge in [-0.25, -0.2) is 0 Å². The second-order valence-corrected chi connectivity index (χ2v) is 9.28. The fourth-order valence-electron chi connectivity index (χ4n) is 4.36. The van der Waals surface area contributed by atoms with Gasteiger partial charge < -0.3 is 4.90 Å². The number of anilines is 1. The zero-order chi connectivity index (χ0) is 22.8. The van der Waals surface area contributed by atoms with Crippen LogP contribution in [0.1, 0.15) is 18.9 Å². The van der Waals surface area contributed by atoms with Gasteiger partial charge in [0.15, 0.2) is 0 Å². The number of hydrogen-bond donors (Lipinski definition) is 1. The predicted molar refractivity (Wildman–Crippen MR) is 133 cm³/mol. The van der Waals surface area contributed by atoms with Crippen LogP contribution in [0.5, 0.6) is 0 Å². The molecule has 2 aromatic carbocycles. The summed E-state index contributed by atoms with van der Waals surface area (Å²) in [5.74, 6) is -0.357. The van der Waals surface area contributed by atoms with Crippen molar-refractivity contribution in [1.82, 2.24) is 20.4 Å². The third-order valence-electron chi connectivity index (χ3n) is 6.06. The van der Waals surface area contributed by atoms with Crippen LogP contribution < -0.4 is 10.2 Å². The molecule has 33 heavy (non-hydrogen) atoms. The molecule has 7 nitrogen and oxygen atoms in total. The zero-order valence-corrected chi connectivity index (χ0v) is 19.3. The minimum atomic E-state index is -0.357. The molecule has 0 radical (unpaired) electrons. The van der Waals surface area contributed by atoms with Gasteiger partial charge in [-0.1, -0.05) is 25.1 Å². The predicted octanol–water partition coefficient (Wildman–Crippen LogP) is 4.15. The van der Waals surface area contributed by atoms with Crippen LogP contribution in [0.3, 0.4) is 0 Å². The van der Waals surface area contributed by atoms with E-state index in [4.69, 9.17) is 0 Å². The molecule has 168 valence electrons. The van der Waals surface area contributed by atoms with Gasteiger partial charge in [0.2, 0.25) is 0 Å². The summed E-state index contributed by atoms with van der Waals surface area (Å²) >= 11 is 0.918. The van der Waals surface area contributed by atoms with E-state index in [0.717, 1.165) is 65.5 Å². The van der Waals surface area contributed by atoms with Gasteiger partial charge in [0.1, 0.15) is 0 Å². The monoisotopic (exact) mass is 459 g/mol. The lowest BCUT2D eigenvalue weighted by atomic mass is 10.0. The van der Waals surface area contributed by atoms with Crippen molar-refractivity contribution < 1.29 is 9.59 Å². The summed E-state index contributed by atoms with van der Waals surface area (Å²) in [6, 6.07) is 14.4. The molecule has 5 rings (SSSR count). The number of thioether (sulfide) groups is 1. The summed E-state index contributed by atoms with van der Waals surface area (Å²) in [5, 5.41) is 11.3. The molecule has 0 bridgehead atoms. The van der Waals surface area contributed by atoms with E-state index in [0.29, 0.717) is 4.91 Å². The lowest BCUT2D eigenvalue weighted by molar-refractivity contribution is -0.115. The maximum atomic E-state index is 11.9. The van der Waals surface area contributed by atoms with E-state index >= 15 is 0 Å². The number of nitrogens with zero attached hydrogens (tertiary/aromatic N) is 4. The molecule has 0 unspecified atom stereocenters. The first kappa shape index (κ1) is 21.6. The number of carbonyl (C=O) groups excluding carboxylic acids is 2. The largest absolute Gasteiger partial charge is 0.369 e. The van der Waals surface area contributed by atoms with Gasteiger partial charge in [-0.2, -0.15) is 10.2 Å². The van der Waals surface area contributed by atoms with Gasteiger partial charge in [-0.3, -0.25) is 19.8 Å². The molecule has 3 aromatic rings. The third kappa shape index (κ3) is 4.62. The number of carbonyl (C=O) groups is 2. The summed E-state index contributed by atoms with van der Waals surface area (Å²) < 4.78 is 0. The summed E-state index contributed by atoms with van der Waals surface area (Å²) in [6.07, 6.45) is 4.71. The fraction of sp³-hybridized carbons (Fsp3) is 0.280. The summed E-state index contributed by atoms with van der Waals surface area (Å²) in [5.41, 5.74) is 4.91. The molecule has 2 fully saturated rings. The lowest BCUT2D eigenvalue weighted by Crippen LogP contribution is -2.46.